The van der Waals surface area contributed by atoms with Crippen LogP contribution < -0.4 is 10.1 Å². The number of amides is 1. The normalized spacial score (nSPS) is 12.5. The molecule has 0 aromatic heterocycles. The van der Waals surface area contributed by atoms with Gasteiger partial charge in [-0.3, -0.25) is 4.79 Å². The predicted octanol–water partition coefficient (Wildman–Crippen LogP) is 2.83. The molecule has 0 spiro atoms. The van der Waals surface area contributed by atoms with E-state index >= 15 is 0 Å². The van der Waals surface area contributed by atoms with E-state index in [1.807, 2.05) is 51.1 Å². The van der Waals surface area contributed by atoms with Gasteiger partial charge in [0, 0.05) is 19.6 Å². The van der Waals surface area contributed by atoms with Crippen LogP contribution in [0.5, 0.6) is 5.75 Å². The first-order chi connectivity index (χ1) is 15.1. The minimum Gasteiger partial charge on any atom is -0.495 e. The van der Waals surface area contributed by atoms with E-state index in [0.29, 0.717) is 0 Å². The van der Waals surface area contributed by atoms with Crippen molar-refractivity contribution >= 4 is 21.9 Å². The Bertz CT molecular complexity index is 1040. The van der Waals surface area contributed by atoms with Crippen LogP contribution in [0.3, 0.4) is 0 Å². The maximum atomic E-state index is 13.2. The first kappa shape index (κ1) is 25.4. The molecule has 2 aromatic carbocycles. The van der Waals surface area contributed by atoms with Crippen LogP contribution in [0.2, 0.25) is 0 Å². The first-order valence-corrected chi connectivity index (χ1v) is 11.6. The number of nitrogens with zero attached hydrogens (tertiary/aromatic N) is 1. The Morgan fingerprint density at radius 3 is 2.31 bits per heavy atom. The molecule has 1 unspecified atom stereocenters. The molecule has 0 heterocycles. The van der Waals surface area contributed by atoms with Gasteiger partial charge < -0.3 is 14.8 Å². The lowest BCUT2D eigenvalue weighted by Crippen LogP contribution is -2.38. The summed E-state index contributed by atoms with van der Waals surface area (Å²) in [5.41, 5.74) is 0.817. The van der Waals surface area contributed by atoms with Gasteiger partial charge >= 0.3 is 5.97 Å². The van der Waals surface area contributed by atoms with Crippen LogP contribution in [0.25, 0.3) is 0 Å². The Balaban J connectivity index is 2.18. The molecule has 0 aliphatic rings. The number of hydrogen-bond acceptors (Lipinski definition) is 6. The number of rotatable bonds is 10. The summed E-state index contributed by atoms with van der Waals surface area (Å²) in [6.07, 6.45) is 0. The van der Waals surface area contributed by atoms with Crippen molar-refractivity contribution in [2.75, 3.05) is 20.8 Å². The van der Waals surface area contributed by atoms with Crippen LogP contribution in [-0.2, 0) is 26.1 Å². The molecule has 174 valence electrons. The molecule has 1 atom stereocenters. The van der Waals surface area contributed by atoms with Gasteiger partial charge in [0.05, 0.1) is 12.7 Å². The smallest absolute Gasteiger partial charge is 0.338 e. The number of carbonyl (C=O) groups is 2. The second-order valence-electron chi connectivity index (χ2n) is 7.79. The van der Waals surface area contributed by atoms with Crippen LogP contribution in [0.15, 0.2) is 53.4 Å². The van der Waals surface area contributed by atoms with Crippen molar-refractivity contribution in [1.82, 2.24) is 9.62 Å². The number of benzene rings is 2. The van der Waals surface area contributed by atoms with Gasteiger partial charge in [0.1, 0.15) is 10.6 Å². The fraction of sp³-hybridized carbons (Fsp3) is 0.391. The van der Waals surface area contributed by atoms with Gasteiger partial charge in [0.25, 0.3) is 5.91 Å². The van der Waals surface area contributed by atoms with Gasteiger partial charge in [-0.2, -0.15) is 4.31 Å². The molecule has 0 aliphatic heterocycles. The number of hydrogen-bond donors (Lipinski definition) is 1. The predicted molar refractivity (Wildman–Crippen MR) is 121 cm³/mol. The van der Waals surface area contributed by atoms with E-state index in [1.165, 1.54) is 36.7 Å². The van der Waals surface area contributed by atoms with Crippen molar-refractivity contribution in [3.8, 4) is 5.75 Å². The Morgan fingerprint density at radius 2 is 1.72 bits per heavy atom. The molecule has 2 rings (SSSR count). The number of esters is 1. The number of nitrogens with one attached hydrogen (secondary N) is 1. The van der Waals surface area contributed by atoms with Gasteiger partial charge in [0.15, 0.2) is 6.61 Å². The van der Waals surface area contributed by atoms with Crippen LogP contribution in [0.4, 0.5) is 0 Å². The van der Waals surface area contributed by atoms with Gasteiger partial charge in [0.2, 0.25) is 10.0 Å². The lowest BCUT2D eigenvalue weighted by atomic mass is 10.1. The van der Waals surface area contributed by atoms with Crippen LogP contribution in [0, 0.1) is 5.92 Å². The third kappa shape index (κ3) is 6.54. The molecule has 1 N–H and O–H groups in total. The third-order valence-electron chi connectivity index (χ3n) is 5.06. The summed E-state index contributed by atoms with van der Waals surface area (Å²) in [5, 5.41) is 2.74. The molecule has 9 heteroatoms. The average Bonchev–Trinajstić information content (AvgIpc) is 2.77. The second-order valence-corrected chi connectivity index (χ2v) is 9.80. The molecule has 2 aromatic rings. The van der Waals surface area contributed by atoms with Crippen LogP contribution in [-0.4, -0.2) is 51.4 Å². The highest BCUT2D eigenvalue weighted by Crippen LogP contribution is 2.28. The Kier molecular flexibility index (Phi) is 8.80. The van der Waals surface area contributed by atoms with Crippen molar-refractivity contribution in [3.63, 3.8) is 0 Å². The number of ether oxygens (including phenoxy) is 2. The standard InChI is InChI=1S/C23H30N2O6S/c1-16(2)17(3)24-22(26)15-31-23(27)19-11-12-20(30-5)21(13-19)32(28,29)25(4)14-18-9-7-6-8-10-18/h6-13,16-17H,14-15H2,1-5H3,(H,24,26). The molecular formula is C23H30N2O6S. The summed E-state index contributed by atoms with van der Waals surface area (Å²) in [5.74, 6) is -0.896. The molecule has 0 radical (unpaired) electrons. The molecule has 0 saturated carbocycles. The Labute approximate surface area is 189 Å². The van der Waals surface area contributed by atoms with Crippen molar-refractivity contribution in [2.45, 2.75) is 38.3 Å². The fourth-order valence-corrected chi connectivity index (χ4v) is 4.11. The molecule has 0 aliphatic carbocycles. The molecule has 32 heavy (non-hydrogen) atoms. The monoisotopic (exact) mass is 462 g/mol. The van der Waals surface area contributed by atoms with Gasteiger partial charge in [-0.15, -0.1) is 0 Å². The summed E-state index contributed by atoms with van der Waals surface area (Å²) in [7, 11) is -1.17. The van der Waals surface area contributed by atoms with E-state index in [9.17, 15) is 18.0 Å². The Hall–Kier alpha value is -2.91. The maximum Gasteiger partial charge on any atom is 0.338 e. The zero-order valence-electron chi connectivity index (χ0n) is 19.0. The zero-order valence-corrected chi connectivity index (χ0v) is 19.8. The van der Waals surface area contributed by atoms with Crippen molar-refractivity contribution in [3.05, 3.63) is 59.7 Å². The van der Waals surface area contributed by atoms with E-state index in [4.69, 9.17) is 9.47 Å². The van der Waals surface area contributed by atoms with Crippen molar-refractivity contribution < 1.29 is 27.5 Å². The lowest BCUT2D eigenvalue weighted by Gasteiger charge is -2.19. The highest BCUT2D eigenvalue weighted by Gasteiger charge is 2.27. The quantitative estimate of drug-likeness (QED) is 0.545. The van der Waals surface area contributed by atoms with Crippen LogP contribution in [0.1, 0.15) is 36.7 Å². The largest absolute Gasteiger partial charge is 0.495 e. The summed E-state index contributed by atoms with van der Waals surface area (Å²) in [6.45, 7) is 5.47. The molecular weight excluding hydrogens is 432 g/mol. The minimum absolute atomic E-state index is 0.00203. The molecule has 0 fully saturated rings. The van der Waals surface area contributed by atoms with E-state index in [2.05, 4.69) is 5.32 Å². The number of sulfonamides is 1. The topological polar surface area (TPSA) is 102 Å². The van der Waals surface area contributed by atoms with E-state index in [-0.39, 0.29) is 34.7 Å². The summed E-state index contributed by atoms with van der Waals surface area (Å²) in [4.78, 5) is 24.3. The van der Waals surface area contributed by atoms with Gasteiger partial charge in [-0.05, 0) is 36.6 Å². The summed E-state index contributed by atoms with van der Waals surface area (Å²) >= 11 is 0. The fourth-order valence-electron chi connectivity index (χ4n) is 2.78. The van der Waals surface area contributed by atoms with Gasteiger partial charge in [-0.25, -0.2) is 13.2 Å². The SMILES string of the molecule is COc1ccc(C(=O)OCC(=O)NC(C)C(C)C)cc1S(=O)(=O)N(C)Cc1ccccc1. The minimum atomic E-state index is -3.97. The first-order valence-electron chi connectivity index (χ1n) is 10.2. The highest BCUT2D eigenvalue weighted by atomic mass is 32.2. The molecule has 0 saturated heterocycles. The van der Waals surface area contributed by atoms with E-state index in [0.717, 1.165) is 5.56 Å². The van der Waals surface area contributed by atoms with E-state index < -0.39 is 28.5 Å². The second kappa shape index (κ2) is 11.1. The number of methoxy groups -OCH3 is 1. The summed E-state index contributed by atoms with van der Waals surface area (Å²) in [6, 6.07) is 13.1. The Morgan fingerprint density at radius 1 is 1.06 bits per heavy atom. The lowest BCUT2D eigenvalue weighted by molar-refractivity contribution is -0.125. The number of carbonyl (C=O) groups excluding carboxylic acids is 2. The average molecular weight is 463 g/mol. The summed E-state index contributed by atoms with van der Waals surface area (Å²) < 4.78 is 37.8. The van der Waals surface area contributed by atoms with E-state index in [1.54, 1.807) is 0 Å². The molecule has 8 nitrogen and oxygen atoms in total. The maximum absolute atomic E-state index is 13.2. The molecule has 1 amide bonds. The van der Waals surface area contributed by atoms with Crippen LogP contribution >= 0.6 is 0 Å². The third-order valence-corrected chi connectivity index (χ3v) is 6.88. The highest BCUT2D eigenvalue weighted by molar-refractivity contribution is 7.89. The molecule has 0 bridgehead atoms. The van der Waals surface area contributed by atoms with Crippen molar-refractivity contribution in [2.24, 2.45) is 5.92 Å². The van der Waals surface area contributed by atoms with Gasteiger partial charge in [-0.1, -0.05) is 44.2 Å². The van der Waals surface area contributed by atoms with Crippen molar-refractivity contribution in [1.29, 1.82) is 0 Å². The zero-order chi connectivity index (χ0) is 23.9.